The molecule has 2 heterocycles. The molecule has 3 aromatic rings. The van der Waals surface area contributed by atoms with Gasteiger partial charge < -0.3 is 10.3 Å². The van der Waals surface area contributed by atoms with Gasteiger partial charge in [0.1, 0.15) is 11.5 Å². The first kappa shape index (κ1) is 9.70. The summed E-state index contributed by atoms with van der Waals surface area (Å²) in [5, 5.41) is 6.93. The average molecular weight is 239 g/mol. The highest BCUT2D eigenvalue weighted by Crippen LogP contribution is 2.40. The summed E-state index contributed by atoms with van der Waals surface area (Å²) in [5.74, 6) is 1.43. The highest BCUT2D eigenvalue weighted by atomic mass is 15.2. The van der Waals surface area contributed by atoms with Crippen LogP contribution in [0.2, 0.25) is 0 Å². The Morgan fingerprint density at radius 2 is 2.11 bits per heavy atom. The first-order valence-corrected chi connectivity index (χ1v) is 6.11. The molecule has 1 aliphatic rings. The number of nitrogens with one attached hydrogen (secondary N) is 1. The highest BCUT2D eigenvalue weighted by molar-refractivity contribution is 5.80. The van der Waals surface area contributed by atoms with Crippen LogP contribution in [0.25, 0.3) is 22.6 Å². The van der Waals surface area contributed by atoms with Crippen molar-refractivity contribution in [3.63, 3.8) is 0 Å². The molecule has 0 bridgehead atoms. The molecule has 0 amide bonds. The number of fused-ring (bicyclic) bond motifs is 1. The number of H-pyrrole nitrogens is 1. The summed E-state index contributed by atoms with van der Waals surface area (Å²) in [6.07, 6.45) is 2.44. The molecular formula is C13H13N5. The second kappa shape index (κ2) is 3.35. The van der Waals surface area contributed by atoms with Crippen LogP contribution in [0, 0.1) is 0 Å². The van der Waals surface area contributed by atoms with E-state index in [1.54, 1.807) is 0 Å². The van der Waals surface area contributed by atoms with Gasteiger partial charge in [0.2, 0.25) is 0 Å². The lowest BCUT2D eigenvalue weighted by Gasteiger charge is -2.05. The zero-order valence-corrected chi connectivity index (χ0v) is 9.80. The number of nitrogens with two attached hydrogens (primary N) is 1. The van der Waals surface area contributed by atoms with E-state index in [1.165, 1.54) is 18.4 Å². The van der Waals surface area contributed by atoms with Crippen LogP contribution in [-0.4, -0.2) is 19.7 Å². The summed E-state index contributed by atoms with van der Waals surface area (Å²) in [6, 6.07) is 10.6. The third kappa shape index (κ3) is 1.33. The van der Waals surface area contributed by atoms with Crippen molar-refractivity contribution < 1.29 is 0 Å². The number of hydrogen-bond donors (Lipinski definition) is 2. The number of imidazole rings is 1. The molecule has 0 spiro atoms. The van der Waals surface area contributed by atoms with Crippen LogP contribution in [0.3, 0.4) is 0 Å². The maximum atomic E-state index is 5.67. The summed E-state index contributed by atoms with van der Waals surface area (Å²) >= 11 is 0. The monoisotopic (exact) mass is 239 g/mol. The first-order chi connectivity index (χ1) is 8.83. The zero-order chi connectivity index (χ0) is 12.1. The second-order valence-electron chi connectivity index (χ2n) is 4.73. The van der Waals surface area contributed by atoms with Crippen LogP contribution in [0.4, 0.5) is 5.82 Å². The van der Waals surface area contributed by atoms with Crippen LogP contribution in [0.1, 0.15) is 18.9 Å². The second-order valence-corrected chi connectivity index (χ2v) is 4.73. The van der Waals surface area contributed by atoms with Gasteiger partial charge in [0.25, 0.3) is 0 Å². The smallest absolute Gasteiger partial charge is 0.159 e. The van der Waals surface area contributed by atoms with E-state index in [-0.39, 0.29) is 0 Å². The van der Waals surface area contributed by atoms with Gasteiger partial charge in [0.05, 0.1) is 11.0 Å². The fourth-order valence-corrected chi connectivity index (χ4v) is 2.39. The van der Waals surface area contributed by atoms with E-state index in [0.717, 1.165) is 17.0 Å². The van der Waals surface area contributed by atoms with Gasteiger partial charge in [0, 0.05) is 12.1 Å². The number of hydrogen-bond acceptors (Lipinski definition) is 3. The summed E-state index contributed by atoms with van der Waals surface area (Å²) in [4.78, 5) is 4.69. The average Bonchev–Trinajstić information content (AvgIpc) is 3.00. The van der Waals surface area contributed by atoms with Gasteiger partial charge in [-0.3, -0.25) is 5.10 Å². The summed E-state index contributed by atoms with van der Waals surface area (Å²) in [7, 11) is 0. The molecule has 0 saturated heterocycles. The van der Waals surface area contributed by atoms with Gasteiger partial charge in [-0.1, -0.05) is 12.1 Å². The van der Waals surface area contributed by atoms with Crippen molar-refractivity contribution in [2.45, 2.75) is 18.9 Å². The zero-order valence-electron chi connectivity index (χ0n) is 9.80. The van der Waals surface area contributed by atoms with Gasteiger partial charge in [-0.2, -0.15) is 5.10 Å². The van der Waals surface area contributed by atoms with Crippen molar-refractivity contribution >= 4 is 16.9 Å². The molecule has 1 aromatic carbocycles. The Morgan fingerprint density at radius 3 is 2.83 bits per heavy atom. The van der Waals surface area contributed by atoms with Crippen LogP contribution in [-0.2, 0) is 0 Å². The third-order valence-corrected chi connectivity index (χ3v) is 3.35. The number of aromatic nitrogens is 4. The van der Waals surface area contributed by atoms with E-state index < -0.39 is 0 Å². The van der Waals surface area contributed by atoms with Crippen LogP contribution >= 0.6 is 0 Å². The number of anilines is 1. The predicted octanol–water partition coefficient (Wildman–Crippen LogP) is 2.34. The fourth-order valence-electron chi connectivity index (χ4n) is 2.39. The Balaban J connectivity index is 2.01. The molecule has 0 radical (unpaired) electrons. The molecule has 1 fully saturated rings. The summed E-state index contributed by atoms with van der Waals surface area (Å²) < 4.78 is 2.29. The Kier molecular flexibility index (Phi) is 1.81. The molecule has 1 aliphatic carbocycles. The van der Waals surface area contributed by atoms with E-state index in [1.807, 2.05) is 24.3 Å². The van der Waals surface area contributed by atoms with Crippen LogP contribution in [0.15, 0.2) is 30.3 Å². The maximum Gasteiger partial charge on any atom is 0.159 e. The van der Waals surface area contributed by atoms with E-state index in [9.17, 15) is 0 Å². The number of nitrogen functional groups attached to an aromatic ring is 1. The summed E-state index contributed by atoms with van der Waals surface area (Å²) in [6.45, 7) is 0. The molecular weight excluding hydrogens is 226 g/mol. The lowest BCUT2D eigenvalue weighted by Crippen LogP contribution is -1.97. The molecule has 0 unspecified atom stereocenters. The van der Waals surface area contributed by atoms with Crippen molar-refractivity contribution in [3.05, 3.63) is 30.3 Å². The molecule has 3 N–H and O–H groups in total. The van der Waals surface area contributed by atoms with Gasteiger partial charge >= 0.3 is 0 Å². The maximum absolute atomic E-state index is 5.67. The minimum atomic E-state index is 0.499. The normalized spacial score (nSPS) is 15.3. The fraction of sp³-hybridized carbons (Fsp3) is 0.231. The van der Waals surface area contributed by atoms with Gasteiger partial charge in [-0.05, 0) is 25.0 Å². The molecule has 0 atom stereocenters. The molecule has 90 valence electrons. The number of nitrogens with zero attached hydrogens (tertiary/aromatic N) is 3. The van der Waals surface area contributed by atoms with Crippen LogP contribution < -0.4 is 5.73 Å². The highest BCUT2D eigenvalue weighted by Gasteiger charge is 2.29. The third-order valence-electron chi connectivity index (χ3n) is 3.35. The first-order valence-electron chi connectivity index (χ1n) is 6.11. The lowest BCUT2D eigenvalue weighted by atomic mass is 10.3. The van der Waals surface area contributed by atoms with Crippen LogP contribution in [0.5, 0.6) is 0 Å². The quantitative estimate of drug-likeness (QED) is 0.721. The van der Waals surface area contributed by atoms with E-state index in [2.05, 4.69) is 20.8 Å². The molecule has 18 heavy (non-hydrogen) atoms. The summed E-state index contributed by atoms with van der Waals surface area (Å²) in [5.41, 5.74) is 8.76. The number of para-hydroxylation sites is 2. The van der Waals surface area contributed by atoms with Crippen molar-refractivity contribution in [2.75, 3.05) is 5.73 Å². The molecule has 2 aromatic heterocycles. The minimum Gasteiger partial charge on any atom is -0.382 e. The number of benzene rings is 1. The Hall–Kier alpha value is -2.30. The number of rotatable bonds is 2. The number of aromatic amines is 1. The van der Waals surface area contributed by atoms with Crippen molar-refractivity contribution in [2.24, 2.45) is 0 Å². The molecule has 0 aliphatic heterocycles. The predicted molar refractivity (Wildman–Crippen MR) is 70.0 cm³/mol. The Labute approximate surface area is 104 Å². The molecule has 1 saturated carbocycles. The van der Waals surface area contributed by atoms with Crippen molar-refractivity contribution in [3.8, 4) is 11.5 Å². The molecule has 4 rings (SSSR count). The lowest BCUT2D eigenvalue weighted by molar-refractivity contribution is 0.771. The largest absolute Gasteiger partial charge is 0.382 e. The Morgan fingerprint density at radius 1 is 1.28 bits per heavy atom. The standard InChI is InChI=1S/C13H13N5/c14-12-7-10(16-17-12)13-15-9-3-1-2-4-11(9)18(13)8-5-6-8/h1-4,7-8H,5-6H2,(H3,14,16,17). The topological polar surface area (TPSA) is 72.5 Å². The van der Waals surface area contributed by atoms with Crippen molar-refractivity contribution in [1.29, 1.82) is 0 Å². The van der Waals surface area contributed by atoms with Gasteiger partial charge in [-0.25, -0.2) is 4.98 Å². The van der Waals surface area contributed by atoms with E-state index >= 15 is 0 Å². The van der Waals surface area contributed by atoms with Gasteiger partial charge in [-0.15, -0.1) is 0 Å². The Bertz CT molecular complexity index is 720. The van der Waals surface area contributed by atoms with E-state index in [0.29, 0.717) is 11.9 Å². The van der Waals surface area contributed by atoms with E-state index in [4.69, 9.17) is 10.7 Å². The molecule has 5 heteroatoms. The SMILES string of the molecule is Nc1cc(-c2nc3ccccc3n2C2CC2)[nH]n1. The molecule has 5 nitrogen and oxygen atoms in total. The minimum absolute atomic E-state index is 0.499. The van der Waals surface area contributed by atoms with Gasteiger partial charge in [0.15, 0.2) is 5.82 Å². The van der Waals surface area contributed by atoms with Crippen molar-refractivity contribution in [1.82, 2.24) is 19.7 Å².